The van der Waals surface area contributed by atoms with E-state index in [0.29, 0.717) is 11.7 Å². The van der Waals surface area contributed by atoms with Gasteiger partial charge in [-0.1, -0.05) is 0 Å². The predicted molar refractivity (Wildman–Crippen MR) is 66.8 cm³/mol. The maximum absolute atomic E-state index is 12.7. The van der Waals surface area contributed by atoms with E-state index < -0.39 is 11.7 Å². The minimum atomic E-state index is -4.48. The lowest BCUT2D eigenvalue weighted by molar-refractivity contribution is -0.137. The average molecular weight is 268 g/mol. The number of alkyl halides is 3. The van der Waals surface area contributed by atoms with Crippen LogP contribution in [0.5, 0.6) is 0 Å². The predicted octanol–water partition coefficient (Wildman–Crippen LogP) is 3.96. The maximum Gasteiger partial charge on any atom is 0.417 e. The van der Waals surface area contributed by atoms with Gasteiger partial charge in [0.1, 0.15) is 0 Å². The first-order valence-corrected chi connectivity index (χ1v) is 6.31. The lowest BCUT2D eigenvalue weighted by Crippen LogP contribution is -2.37. The van der Waals surface area contributed by atoms with Crippen LogP contribution in [0.2, 0.25) is 0 Å². The molecule has 2 rings (SSSR count). The second-order valence-electron chi connectivity index (χ2n) is 4.88. The first-order chi connectivity index (χ1) is 8.93. The molecule has 0 aliphatic carbocycles. The molecule has 0 N–H and O–H groups in total. The van der Waals surface area contributed by atoms with Crippen molar-refractivity contribution in [1.29, 1.82) is 5.26 Å². The van der Waals surface area contributed by atoms with E-state index >= 15 is 0 Å². The van der Waals surface area contributed by atoms with Crippen molar-refractivity contribution >= 4 is 5.69 Å². The molecule has 2 nitrogen and oxygen atoms in total. The van der Waals surface area contributed by atoms with Gasteiger partial charge in [0.05, 0.1) is 17.2 Å². The molecule has 102 valence electrons. The molecule has 1 aliphatic rings. The topological polar surface area (TPSA) is 27.0 Å². The number of piperidine rings is 1. The van der Waals surface area contributed by atoms with Crippen molar-refractivity contribution in [2.75, 3.05) is 11.4 Å². The van der Waals surface area contributed by atoms with Gasteiger partial charge in [0.15, 0.2) is 0 Å². The summed E-state index contributed by atoms with van der Waals surface area (Å²) in [5.74, 6) is 0. The van der Waals surface area contributed by atoms with Crippen molar-refractivity contribution in [1.82, 2.24) is 0 Å². The average Bonchev–Trinajstić information content (AvgIpc) is 2.37. The zero-order valence-electron chi connectivity index (χ0n) is 10.7. The molecule has 1 atom stereocenters. The van der Waals surface area contributed by atoms with Crippen LogP contribution in [-0.2, 0) is 6.18 Å². The van der Waals surface area contributed by atoms with E-state index in [4.69, 9.17) is 5.26 Å². The van der Waals surface area contributed by atoms with Crippen LogP contribution in [0.3, 0.4) is 0 Å². The molecule has 1 aromatic carbocycles. The number of nitrogens with zero attached hydrogens (tertiary/aromatic N) is 2. The summed E-state index contributed by atoms with van der Waals surface area (Å²) in [6.07, 6.45) is -1.27. The first-order valence-electron chi connectivity index (χ1n) is 6.31. The Morgan fingerprint density at radius 3 is 2.63 bits per heavy atom. The number of hydrogen-bond acceptors (Lipinski definition) is 2. The van der Waals surface area contributed by atoms with Gasteiger partial charge >= 0.3 is 6.18 Å². The Labute approximate surface area is 110 Å². The first kappa shape index (κ1) is 13.7. The molecule has 0 saturated carbocycles. The van der Waals surface area contributed by atoms with Crippen molar-refractivity contribution < 1.29 is 13.2 Å². The number of nitriles is 1. The minimum absolute atomic E-state index is 0.303. The van der Waals surface area contributed by atoms with E-state index in [1.807, 2.05) is 0 Å². The van der Waals surface area contributed by atoms with Crippen LogP contribution < -0.4 is 4.90 Å². The zero-order valence-corrected chi connectivity index (χ0v) is 10.7. The summed E-state index contributed by atoms with van der Waals surface area (Å²) in [6, 6.07) is 5.78. The molecule has 1 fully saturated rings. The molecule has 1 unspecified atom stereocenters. The van der Waals surface area contributed by atoms with Gasteiger partial charge < -0.3 is 4.90 Å². The van der Waals surface area contributed by atoms with Gasteiger partial charge in [-0.25, -0.2) is 0 Å². The Balaban J connectivity index is 2.37. The Bertz CT molecular complexity index is 502. The largest absolute Gasteiger partial charge is 0.417 e. The highest BCUT2D eigenvalue weighted by atomic mass is 19.4. The monoisotopic (exact) mass is 268 g/mol. The van der Waals surface area contributed by atoms with E-state index in [1.165, 1.54) is 12.1 Å². The molecular formula is C14H15F3N2. The van der Waals surface area contributed by atoms with Crippen molar-refractivity contribution in [2.45, 2.75) is 38.4 Å². The summed E-state index contributed by atoms with van der Waals surface area (Å²) in [7, 11) is 0. The number of benzene rings is 1. The lowest BCUT2D eigenvalue weighted by atomic mass is 10.0. The van der Waals surface area contributed by atoms with Crippen LogP contribution >= 0.6 is 0 Å². The summed E-state index contributed by atoms with van der Waals surface area (Å²) in [6.45, 7) is 2.89. The molecule has 5 heteroatoms. The standard InChI is InChI=1S/C14H15F3N2/c1-10-4-2-3-7-19(10)12-5-6-13(14(15,16)17)11(8-12)9-18/h5-6,8,10H,2-4,7H2,1H3. The Kier molecular flexibility index (Phi) is 3.70. The molecule has 0 radical (unpaired) electrons. The van der Waals surface area contributed by atoms with Gasteiger partial charge in [-0.15, -0.1) is 0 Å². The van der Waals surface area contributed by atoms with E-state index in [0.717, 1.165) is 31.9 Å². The van der Waals surface area contributed by atoms with Gasteiger partial charge in [-0.3, -0.25) is 0 Å². The molecule has 19 heavy (non-hydrogen) atoms. The summed E-state index contributed by atoms with van der Waals surface area (Å²) in [4.78, 5) is 2.07. The smallest absolute Gasteiger partial charge is 0.369 e. The normalized spacial score (nSPS) is 20.2. The van der Waals surface area contributed by atoms with Crippen LogP contribution in [0.25, 0.3) is 0 Å². The quantitative estimate of drug-likeness (QED) is 0.771. The van der Waals surface area contributed by atoms with E-state index in [9.17, 15) is 13.2 Å². The van der Waals surface area contributed by atoms with Gasteiger partial charge in [-0.05, 0) is 44.4 Å². The Hall–Kier alpha value is -1.70. The third kappa shape index (κ3) is 2.83. The second-order valence-corrected chi connectivity index (χ2v) is 4.88. The number of hydrogen-bond donors (Lipinski definition) is 0. The molecule has 0 spiro atoms. The fraction of sp³-hybridized carbons (Fsp3) is 0.500. The van der Waals surface area contributed by atoms with Gasteiger partial charge in [0, 0.05) is 18.3 Å². The molecule has 1 aliphatic heterocycles. The van der Waals surface area contributed by atoms with Gasteiger partial charge in [0.25, 0.3) is 0 Å². The fourth-order valence-corrected chi connectivity index (χ4v) is 2.53. The van der Waals surface area contributed by atoms with Gasteiger partial charge in [-0.2, -0.15) is 18.4 Å². The van der Waals surface area contributed by atoms with Crippen molar-refractivity contribution in [2.24, 2.45) is 0 Å². The minimum Gasteiger partial charge on any atom is -0.369 e. The Morgan fingerprint density at radius 2 is 2.05 bits per heavy atom. The van der Waals surface area contributed by atoms with Crippen LogP contribution in [0.1, 0.15) is 37.3 Å². The molecule has 1 saturated heterocycles. The third-order valence-corrected chi connectivity index (χ3v) is 3.56. The number of anilines is 1. The maximum atomic E-state index is 12.7. The zero-order chi connectivity index (χ0) is 14.0. The molecule has 0 amide bonds. The molecular weight excluding hydrogens is 253 g/mol. The van der Waals surface area contributed by atoms with Crippen LogP contribution in [0.4, 0.5) is 18.9 Å². The summed E-state index contributed by atoms with van der Waals surface area (Å²) in [5.41, 5.74) is -0.456. The highest BCUT2D eigenvalue weighted by Gasteiger charge is 2.34. The fourth-order valence-electron chi connectivity index (χ4n) is 2.53. The molecule has 1 heterocycles. The lowest BCUT2D eigenvalue weighted by Gasteiger charge is -2.35. The molecule has 0 aromatic heterocycles. The number of halogens is 3. The van der Waals surface area contributed by atoms with Gasteiger partial charge in [0.2, 0.25) is 0 Å². The number of rotatable bonds is 1. The molecule has 1 aromatic rings. The van der Waals surface area contributed by atoms with E-state index in [-0.39, 0.29) is 5.56 Å². The van der Waals surface area contributed by atoms with Crippen molar-refractivity contribution in [3.05, 3.63) is 29.3 Å². The SMILES string of the molecule is CC1CCCCN1c1ccc(C(F)(F)F)c(C#N)c1. The highest BCUT2D eigenvalue weighted by Crippen LogP contribution is 2.34. The highest BCUT2D eigenvalue weighted by molar-refractivity contribution is 5.56. The molecule has 0 bridgehead atoms. The Morgan fingerprint density at radius 1 is 1.32 bits per heavy atom. The summed E-state index contributed by atoms with van der Waals surface area (Å²) in [5, 5.41) is 8.90. The summed E-state index contributed by atoms with van der Waals surface area (Å²) < 4.78 is 38.2. The van der Waals surface area contributed by atoms with Crippen LogP contribution in [-0.4, -0.2) is 12.6 Å². The van der Waals surface area contributed by atoms with E-state index in [2.05, 4.69) is 11.8 Å². The van der Waals surface area contributed by atoms with Crippen molar-refractivity contribution in [3.63, 3.8) is 0 Å². The third-order valence-electron chi connectivity index (χ3n) is 3.56. The second kappa shape index (κ2) is 5.12. The van der Waals surface area contributed by atoms with Crippen LogP contribution in [0.15, 0.2) is 18.2 Å². The van der Waals surface area contributed by atoms with E-state index in [1.54, 1.807) is 6.07 Å². The van der Waals surface area contributed by atoms with Crippen LogP contribution in [0, 0.1) is 11.3 Å². The summed E-state index contributed by atoms with van der Waals surface area (Å²) >= 11 is 0. The van der Waals surface area contributed by atoms with Crippen molar-refractivity contribution in [3.8, 4) is 6.07 Å².